The van der Waals surface area contributed by atoms with E-state index in [4.69, 9.17) is 4.74 Å². The highest BCUT2D eigenvalue weighted by Gasteiger charge is 2.21. The Morgan fingerprint density at radius 3 is 2.30 bits per heavy atom. The second-order valence-corrected chi connectivity index (χ2v) is 8.59. The first-order valence-corrected chi connectivity index (χ1v) is 11.4. The highest BCUT2D eigenvalue weighted by molar-refractivity contribution is 5.89. The van der Waals surface area contributed by atoms with Crippen molar-refractivity contribution in [1.82, 2.24) is 9.55 Å². The maximum absolute atomic E-state index is 14.7. The van der Waals surface area contributed by atoms with Crippen LogP contribution in [0, 0.1) is 5.82 Å². The number of rotatable bonds is 7. The molecule has 0 saturated carbocycles. The standard InChI is InChI=1S/C27H31FN2O3/c1-7-24-29-23-15-22(28)18(12-13-25(31)33-8-2)14-21(23)27(32)30(24)26-19(16(3)4)10-9-11-20(26)17(5)6/h9-17H,7-8H2,1-6H3/b13-12+. The Kier molecular flexibility index (Phi) is 7.46. The first kappa shape index (κ1) is 24.4. The van der Waals surface area contributed by atoms with Crippen molar-refractivity contribution in [2.24, 2.45) is 0 Å². The van der Waals surface area contributed by atoms with E-state index >= 15 is 0 Å². The zero-order valence-corrected chi connectivity index (χ0v) is 20.1. The van der Waals surface area contributed by atoms with Gasteiger partial charge in [0, 0.05) is 24.1 Å². The summed E-state index contributed by atoms with van der Waals surface area (Å²) in [6.45, 7) is 12.3. The maximum Gasteiger partial charge on any atom is 0.330 e. The minimum atomic E-state index is -0.568. The van der Waals surface area contributed by atoms with E-state index in [1.807, 2.05) is 25.1 Å². The molecule has 174 valence electrons. The van der Waals surface area contributed by atoms with E-state index in [9.17, 15) is 14.0 Å². The van der Waals surface area contributed by atoms with Gasteiger partial charge in [-0.15, -0.1) is 0 Å². The van der Waals surface area contributed by atoms with Crippen molar-refractivity contribution in [2.75, 3.05) is 6.61 Å². The molecule has 0 radical (unpaired) electrons. The Balaban J connectivity index is 2.35. The zero-order chi connectivity index (χ0) is 24.3. The van der Waals surface area contributed by atoms with Crippen LogP contribution in [0.1, 0.15) is 75.9 Å². The Labute approximate surface area is 193 Å². The number of hydrogen-bond donors (Lipinski definition) is 0. The highest BCUT2D eigenvalue weighted by atomic mass is 19.1. The smallest absolute Gasteiger partial charge is 0.330 e. The third kappa shape index (κ3) is 4.90. The third-order valence-corrected chi connectivity index (χ3v) is 5.62. The SMILES string of the molecule is CCOC(=O)/C=C/c1cc2c(=O)n(-c3c(C(C)C)cccc3C(C)C)c(CC)nc2cc1F. The summed E-state index contributed by atoms with van der Waals surface area (Å²) >= 11 is 0. The molecular formula is C27H31FN2O3. The molecule has 0 amide bonds. The molecule has 6 heteroatoms. The van der Waals surface area contributed by atoms with Crippen LogP contribution in [0.2, 0.25) is 0 Å². The van der Waals surface area contributed by atoms with Crippen LogP contribution in [-0.2, 0) is 16.0 Å². The van der Waals surface area contributed by atoms with Crippen molar-refractivity contribution >= 4 is 22.9 Å². The second kappa shape index (κ2) is 10.1. The predicted molar refractivity (Wildman–Crippen MR) is 131 cm³/mol. The summed E-state index contributed by atoms with van der Waals surface area (Å²) < 4.78 is 21.3. The fourth-order valence-electron chi connectivity index (χ4n) is 3.98. The van der Waals surface area contributed by atoms with Crippen LogP contribution >= 0.6 is 0 Å². The normalized spacial score (nSPS) is 11.8. The molecule has 3 aromatic rings. The topological polar surface area (TPSA) is 61.2 Å². The van der Waals surface area contributed by atoms with Gasteiger partial charge in [-0.2, -0.15) is 0 Å². The Bertz CT molecular complexity index is 1250. The molecule has 3 rings (SSSR count). The monoisotopic (exact) mass is 450 g/mol. The largest absolute Gasteiger partial charge is 0.463 e. The quantitative estimate of drug-likeness (QED) is 0.332. The molecule has 5 nitrogen and oxygen atoms in total. The fraction of sp³-hybridized carbons (Fsp3) is 0.370. The number of halogens is 1. The van der Waals surface area contributed by atoms with Crippen molar-refractivity contribution in [3.8, 4) is 5.69 Å². The van der Waals surface area contributed by atoms with Crippen molar-refractivity contribution < 1.29 is 13.9 Å². The van der Waals surface area contributed by atoms with Crippen LogP contribution in [-0.4, -0.2) is 22.1 Å². The number of para-hydroxylation sites is 1. The number of hydrogen-bond acceptors (Lipinski definition) is 4. The van der Waals surface area contributed by atoms with E-state index < -0.39 is 11.8 Å². The Hall–Kier alpha value is -3.28. The first-order chi connectivity index (χ1) is 15.7. The number of carbonyl (C=O) groups is 1. The molecule has 0 aliphatic heterocycles. The summed E-state index contributed by atoms with van der Waals surface area (Å²) in [7, 11) is 0. The Morgan fingerprint density at radius 1 is 1.12 bits per heavy atom. The molecule has 0 aliphatic rings. The highest BCUT2D eigenvalue weighted by Crippen LogP contribution is 2.31. The Morgan fingerprint density at radius 2 is 1.76 bits per heavy atom. The molecular weight excluding hydrogens is 419 g/mol. The van der Waals surface area contributed by atoms with Crippen LogP contribution in [0.15, 0.2) is 41.2 Å². The minimum Gasteiger partial charge on any atom is -0.463 e. The van der Waals surface area contributed by atoms with Gasteiger partial charge < -0.3 is 4.74 Å². The molecule has 0 atom stereocenters. The van der Waals surface area contributed by atoms with Gasteiger partial charge in [-0.3, -0.25) is 9.36 Å². The van der Waals surface area contributed by atoms with Crippen LogP contribution in [0.3, 0.4) is 0 Å². The van der Waals surface area contributed by atoms with Crippen molar-refractivity contribution in [3.05, 3.63) is 75.1 Å². The number of benzene rings is 2. The average Bonchev–Trinajstić information content (AvgIpc) is 2.77. The lowest BCUT2D eigenvalue weighted by Crippen LogP contribution is -2.26. The molecule has 0 fully saturated rings. The molecule has 2 aromatic carbocycles. The fourth-order valence-corrected chi connectivity index (χ4v) is 3.98. The molecule has 1 aromatic heterocycles. The zero-order valence-electron chi connectivity index (χ0n) is 20.1. The molecule has 0 N–H and O–H groups in total. The number of carbonyl (C=O) groups excluding carboxylic acids is 1. The van der Waals surface area contributed by atoms with E-state index in [2.05, 4.69) is 32.7 Å². The van der Waals surface area contributed by atoms with Gasteiger partial charge in [-0.1, -0.05) is 52.8 Å². The number of ether oxygens (including phenoxy) is 1. The summed E-state index contributed by atoms with van der Waals surface area (Å²) in [5.41, 5.74) is 3.15. The van der Waals surface area contributed by atoms with E-state index in [1.165, 1.54) is 18.2 Å². The summed E-state index contributed by atoms with van der Waals surface area (Å²) in [5, 5.41) is 0.297. The number of aromatic nitrogens is 2. The van der Waals surface area contributed by atoms with Gasteiger partial charge in [0.1, 0.15) is 11.6 Å². The van der Waals surface area contributed by atoms with Gasteiger partial charge in [0.15, 0.2) is 0 Å². The average molecular weight is 451 g/mol. The van der Waals surface area contributed by atoms with Gasteiger partial charge in [0.25, 0.3) is 5.56 Å². The molecule has 0 spiro atoms. The molecule has 0 aliphatic carbocycles. The number of nitrogens with zero attached hydrogens (tertiary/aromatic N) is 2. The maximum atomic E-state index is 14.7. The van der Waals surface area contributed by atoms with Crippen LogP contribution < -0.4 is 5.56 Å². The first-order valence-electron chi connectivity index (χ1n) is 11.4. The van der Waals surface area contributed by atoms with Crippen LogP contribution in [0.5, 0.6) is 0 Å². The molecule has 0 unspecified atom stereocenters. The van der Waals surface area contributed by atoms with Gasteiger partial charge in [-0.25, -0.2) is 14.2 Å². The van der Waals surface area contributed by atoms with Gasteiger partial charge in [0.2, 0.25) is 0 Å². The molecule has 33 heavy (non-hydrogen) atoms. The van der Waals surface area contributed by atoms with Crippen LogP contribution in [0.4, 0.5) is 4.39 Å². The van der Waals surface area contributed by atoms with Crippen molar-refractivity contribution in [1.29, 1.82) is 0 Å². The van der Waals surface area contributed by atoms with Gasteiger partial charge in [-0.05, 0) is 42.0 Å². The summed E-state index contributed by atoms with van der Waals surface area (Å²) in [5.74, 6) is -0.150. The third-order valence-electron chi connectivity index (χ3n) is 5.62. The van der Waals surface area contributed by atoms with Crippen molar-refractivity contribution in [2.45, 2.75) is 59.8 Å². The predicted octanol–water partition coefficient (Wildman–Crippen LogP) is 5.91. The lowest BCUT2D eigenvalue weighted by molar-refractivity contribution is -0.137. The number of esters is 1. The lowest BCUT2D eigenvalue weighted by atomic mass is 9.92. The minimum absolute atomic E-state index is 0.131. The van der Waals surface area contributed by atoms with Gasteiger partial charge in [0.05, 0.1) is 23.2 Å². The summed E-state index contributed by atoms with van der Waals surface area (Å²) in [6.07, 6.45) is 3.00. The van der Waals surface area contributed by atoms with Gasteiger partial charge >= 0.3 is 5.97 Å². The van der Waals surface area contributed by atoms with E-state index in [0.717, 1.165) is 22.9 Å². The number of fused-ring (bicyclic) bond motifs is 1. The van der Waals surface area contributed by atoms with Crippen LogP contribution in [0.25, 0.3) is 22.7 Å². The van der Waals surface area contributed by atoms with E-state index in [0.29, 0.717) is 23.1 Å². The lowest BCUT2D eigenvalue weighted by Gasteiger charge is -2.23. The molecule has 1 heterocycles. The molecule has 0 saturated heterocycles. The summed E-state index contributed by atoms with van der Waals surface area (Å²) in [6, 6.07) is 8.81. The summed E-state index contributed by atoms with van der Waals surface area (Å²) in [4.78, 5) is 30.2. The second-order valence-electron chi connectivity index (χ2n) is 8.59. The van der Waals surface area contributed by atoms with Crippen molar-refractivity contribution in [3.63, 3.8) is 0 Å². The molecule has 0 bridgehead atoms. The van der Waals surface area contributed by atoms with E-state index in [1.54, 1.807) is 11.5 Å². The number of aryl methyl sites for hydroxylation is 1. The van der Waals surface area contributed by atoms with E-state index in [-0.39, 0.29) is 29.6 Å².